The molecular weight excluding hydrogens is 212 g/mol. The summed E-state index contributed by atoms with van der Waals surface area (Å²) in [5, 5.41) is 3.17. The molecule has 17 heavy (non-hydrogen) atoms. The molecule has 0 aliphatic rings. The molecule has 0 aliphatic heterocycles. The van der Waals surface area contributed by atoms with Gasteiger partial charge in [-0.1, -0.05) is 6.07 Å². The molecule has 0 fully saturated rings. The van der Waals surface area contributed by atoms with Gasteiger partial charge in [0.1, 0.15) is 5.75 Å². The van der Waals surface area contributed by atoms with Crippen LogP contribution in [0.1, 0.15) is 25.0 Å². The van der Waals surface area contributed by atoms with Gasteiger partial charge in [0.25, 0.3) is 0 Å². The molecule has 3 heteroatoms. The van der Waals surface area contributed by atoms with Crippen LogP contribution in [0.15, 0.2) is 18.2 Å². The van der Waals surface area contributed by atoms with E-state index in [1.165, 1.54) is 11.1 Å². The van der Waals surface area contributed by atoms with Crippen molar-refractivity contribution >= 4 is 0 Å². The van der Waals surface area contributed by atoms with Crippen LogP contribution in [-0.2, 0) is 13.1 Å². The summed E-state index contributed by atoms with van der Waals surface area (Å²) in [5.74, 6) is 0.970. The monoisotopic (exact) mass is 236 g/mol. The summed E-state index contributed by atoms with van der Waals surface area (Å²) in [5.41, 5.74) is 2.54. The van der Waals surface area contributed by atoms with Gasteiger partial charge in [-0.05, 0) is 45.6 Å². The lowest BCUT2D eigenvalue weighted by atomic mass is 10.1. The van der Waals surface area contributed by atoms with Crippen molar-refractivity contribution in [2.75, 3.05) is 21.2 Å². The number of methoxy groups -OCH3 is 1. The van der Waals surface area contributed by atoms with Crippen LogP contribution in [-0.4, -0.2) is 32.1 Å². The van der Waals surface area contributed by atoms with E-state index in [2.05, 4.69) is 49.3 Å². The van der Waals surface area contributed by atoms with Crippen molar-refractivity contribution in [2.24, 2.45) is 0 Å². The van der Waals surface area contributed by atoms with E-state index in [-0.39, 0.29) is 0 Å². The lowest BCUT2D eigenvalue weighted by Crippen LogP contribution is -2.25. The molecule has 0 atom stereocenters. The van der Waals surface area contributed by atoms with Gasteiger partial charge in [-0.15, -0.1) is 0 Å². The number of nitrogens with one attached hydrogen (secondary N) is 1. The van der Waals surface area contributed by atoms with Gasteiger partial charge in [0.05, 0.1) is 7.11 Å². The highest BCUT2D eigenvalue weighted by molar-refractivity contribution is 5.37. The van der Waals surface area contributed by atoms with E-state index < -0.39 is 0 Å². The van der Waals surface area contributed by atoms with E-state index in [0.717, 1.165) is 18.8 Å². The van der Waals surface area contributed by atoms with Gasteiger partial charge >= 0.3 is 0 Å². The Bertz CT molecular complexity index is 350. The summed E-state index contributed by atoms with van der Waals surface area (Å²) in [7, 11) is 5.82. The normalized spacial score (nSPS) is 11.2. The number of hydrogen-bond donors (Lipinski definition) is 1. The molecule has 1 aromatic rings. The Labute approximate surface area is 105 Å². The second kappa shape index (κ2) is 6.62. The van der Waals surface area contributed by atoms with Gasteiger partial charge in [-0.2, -0.15) is 0 Å². The first-order valence-corrected chi connectivity index (χ1v) is 6.09. The minimum Gasteiger partial charge on any atom is -0.496 e. The van der Waals surface area contributed by atoms with E-state index in [1.54, 1.807) is 7.11 Å². The SMILES string of the molecule is CNCc1ccc(OC)c(CN(C)C(C)C)c1. The Morgan fingerprint density at radius 3 is 2.59 bits per heavy atom. The standard InChI is InChI=1S/C14H24N2O/c1-11(2)16(4)10-13-8-12(9-15-3)6-7-14(13)17-5/h6-8,11,15H,9-10H2,1-5H3. The minimum atomic E-state index is 0.535. The van der Waals surface area contributed by atoms with Crippen molar-refractivity contribution in [3.63, 3.8) is 0 Å². The number of nitrogens with zero attached hydrogens (tertiary/aromatic N) is 1. The summed E-state index contributed by atoms with van der Waals surface area (Å²) in [6.07, 6.45) is 0. The largest absolute Gasteiger partial charge is 0.496 e. The average Bonchev–Trinajstić information content (AvgIpc) is 2.29. The van der Waals surface area contributed by atoms with Gasteiger partial charge in [-0.3, -0.25) is 4.90 Å². The number of benzene rings is 1. The van der Waals surface area contributed by atoms with E-state index in [4.69, 9.17) is 4.74 Å². The van der Waals surface area contributed by atoms with Gasteiger partial charge in [0.15, 0.2) is 0 Å². The Hall–Kier alpha value is -1.06. The van der Waals surface area contributed by atoms with E-state index >= 15 is 0 Å². The fourth-order valence-electron chi connectivity index (χ4n) is 1.72. The van der Waals surface area contributed by atoms with Crippen molar-refractivity contribution < 1.29 is 4.74 Å². The molecule has 0 heterocycles. The maximum Gasteiger partial charge on any atom is 0.123 e. The number of hydrogen-bond acceptors (Lipinski definition) is 3. The zero-order chi connectivity index (χ0) is 12.8. The van der Waals surface area contributed by atoms with E-state index in [9.17, 15) is 0 Å². The quantitative estimate of drug-likeness (QED) is 0.820. The first-order chi connectivity index (χ1) is 8.08. The molecule has 1 N–H and O–H groups in total. The summed E-state index contributed by atoms with van der Waals surface area (Å²) in [4.78, 5) is 2.31. The van der Waals surface area contributed by atoms with Crippen LogP contribution in [0.25, 0.3) is 0 Å². The van der Waals surface area contributed by atoms with Crippen molar-refractivity contribution in [1.29, 1.82) is 0 Å². The molecule has 0 spiro atoms. The predicted octanol–water partition coefficient (Wildman–Crippen LogP) is 2.25. The van der Waals surface area contributed by atoms with Crippen molar-refractivity contribution in [3.05, 3.63) is 29.3 Å². The van der Waals surface area contributed by atoms with Crippen LogP contribution in [0.4, 0.5) is 0 Å². The topological polar surface area (TPSA) is 24.5 Å². The van der Waals surface area contributed by atoms with Crippen molar-refractivity contribution in [3.8, 4) is 5.75 Å². The lowest BCUT2D eigenvalue weighted by molar-refractivity contribution is 0.261. The second-order valence-corrected chi connectivity index (χ2v) is 4.69. The van der Waals surface area contributed by atoms with Crippen LogP contribution >= 0.6 is 0 Å². The maximum absolute atomic E-state index is 5.41. The molecule has 3 nitrogen and oxygen atoms in total. The molecule has 0 saturated carbocycles. The summed E-state index contributed by atoms with van der Waals surface area (Å²) in [6, 6.07) is 6.91. The van der Waals surface area contributed by atoms with Crippen LogP contribution in [0, 0.1) is 0 Å². The summed E-state index contributed by atoms with van der Waals surface area (Å²) >= 11 is 0. The highest BCUT2D eigenvalue weighted by Gasteiger charge is 2.09. The summed E-state index contributed by atoms with van der Waals surface area (Å²) in [6.45, 7) is 6.20. The van der Waals surface area contributed by atoms with Crippen LogP contribution in [0.3, 0.4) is 0 Å². The van der Waals surface area contributed by atoms with Gasteiger partial charge in [0, 0.05) is 24.7 Å². The van der Waals surface area contributed by atoms with Crippen LogP contribution in [0.5, 0.6) is 5.75 Å². The number of rotatable bonds is 6. The van der Waals surface area contributed by atoms with Gasteiger partial charge in [-0.25, -0.2) is 0 Å². The highest BCUT2D eigenvalue weighted by atomic mass is 16.5. The van der Waals surface area contributed by atoms with E-state index in [0.29, 0.717) is 6.04 Å². The van der Waals surface area contributed by atoms with Crippen LogP contribution < -0.4 is 10.1 Å². The predicted molar refractivity (Wildman–Crippen MR) is 72.4 cm³/mol. The molecule has 0 aliphatic carbocycles. The Kier molecular flexibility index (Phi) is 5.45. The maximum atomic E-state index is 5.41. The first-order valence-electron chi connectivity index (χ1n) is 6.09. The van der Waals surface area contributed by atoms with E-state index in [1.807, 2.05) is 7.05 Å². The number of ether oxygens (including phenoxy) is 1. The lowest BCUT2D eigenvalue weighted by Gasteiger charge is -2.22. The molecule has 1 aromatic carbocycles. The molecule has 0 saturated heterocycles. The second-order valence-electron chi connectivity index (χ2n) is 4.69. The first kappa shape index (κ1) is 14.0. The molecule has 96 valence electrons. The molecule has 0 radical (unpaired) electrons. The highest BCUT2D eigenvalue weighted by Crippen LogP contribution is 2.21. The summed E-state index contributed by atoms with van der Waals surface area (Å²) < 4.78 is 5.41. The molecule has 1 rings (SSSR count). The smallest absolute Gasteiger partial charge is 0.123 e. The zero-order valence-electron chi connectivity index (χ0n) is 11.6. The van der Waals surface area contributed by atoms with Crippen molar-refractivity contribution in [2.45, 2.75) is 33.0 Å². The van der Waals surface area contributed by atoms with Gasteiger partial charge < -0.3 is 10.1 Å². The third kappa shape index (κ3) is 4.02. The third-order valence-corrected chi connectivity index (χ3v) is 3.03. The average molecular weight is 236 g/mol. The zero-order valence-corrected chi connectivity index (χ0v) is 11.6. The fraction of sp³-hybridized carbons (Fsp3) is 0.571. The third-order valence-electron chi connectivity index (χ3n) is 3.03. The fourth-order valence-corrected chi connectivity index (χ4v) is 1.72. The Balaban J connectivity index is 2.89. The molecule has 0 amide bonds. The van der Waals surface area contributed by atoms with Crippen LogP contribution in [0.2, 0.25) is 0 Å². The Morgan fingerprint density at radius 1 is 1.35 bits per heavy atom. The molecule has 0 bridgehead atoms. The Morgan fingerprint density at radius 2 is 2.06 bits per heavy atom. The molecular formula is C14H24N2O. The molecule has 0 aromatic heterocycles. The van der Waals surface area contributed by atoms with Gasteiger partial charge in [0.2, 0.25) is 0 Å². The van der Waals surface area contributed by atoms with Crippen molar-refractivity contribution in [1.82, 2.24) is 10.2 Å². The minimum absolute atomic E-state index is 0.535. The molecule has 0 unspecified atom stereocenters.